The molecule has 46 heavy (non-hydrogen) atoms. The Bertz CT molecular complexity index is 1260. The van der Waals surface area contributed by atoms with E-state index in [2.05, 4.69) is 10.6 Å². The van der Waals surface area contributed by atoms with Gasteiger partial charge in [0.15, 0.2) is 0 Å². The van der Waals surface area contributed by atoms with Crippen LogP contribution in [-0.2, 0) is 46.5 Å². The van der Waals surface area contributed by atoms with Gasteiger partial charge in [-0.2, -0.15) is 0 Å². The van der Waals surface area contributed by atoms with E-state index in [1.807, 2.05) is 95.3 Å². The lowest BCUT2D eigenvalue weighted by Crippen LogP contribution is -2.54. The van der Waals surface area contributed by atoms with E-state index in [1.54, 1.807) is 0 Å². The van der Waals surface area contributed by atoms with Crippen LogP contribution >= 0.6 is 0 Å². The van der Waals surface area contributed by atoms with E-state index < -0.39 is 47.3 Å². The van der Waals surface area contributed by atoms with Gasteiger partial charge in [-0.15, -0.1) is 0 Å². The number of unbranched alkanes of at least 4 members (excludes halogenated alkanes) is 2. The largest absolute Gasteiger partial charge is 0.461 e. The third-order valence-corrected chi connectivity index (χ3v) is 7.15. The fourth-order valence-electron chi connectivity index (χ4n) is 4.89. The molecule has 0 saturated carbocycles. The van der Waals surface area contributed by atoms with Gasteiger partial charge >= 0.3 is 11.9 Å². The number of nitrogens with two attached hydrogens (primary N) is 1. The number of primary amides is 1. The van der Waals surface area contributed by atoms with Crippen LogP contribution in [0.1, 0.15) is 90.7 Å². The summed E-state index contributed by atoms with van der Waals surface area (Å²) in [6, 6.07) is 16.7. The van der Waals surface area contributed by atoms with Crippen LogP contribution in [0.2, 0.25) is 0 Å². The van der Waals surface area contributed by atoms with Crippen LogP contribution in [0.3, 0.4) is 0 Å². The summed E-state index contributed by atoms with van der Waals surface area (Å²) in [5.41, 5.74) is 6.76. The number of nitrogens with one attached hydrogen (secondary N) is 2. The average molecular weight is 638 g/mol. The van der Waals surface area contributed by atoms with Gasteiger partial charge in [-0.1, -0.05) is 87.4 Å². The second kappa shape index (κ2) is 19.3. The number of hydrogen-bond acceptors (Lipinski definition) is 7. The summed E-state index contributed by atoms with van der Waals surface area (Å²) in [7, 11) is 0. The SMILES string of the molecule is CC(C)C[C@H](NC(=O)[C@@H](CC(=O)OCc1ccccc1)Cc1ccccc1)C(=O)N[C@@H](CCCCCC(=O)OC(C)(C)C)C(N)=O. The van der Waals surface area contributed by atoms with Gasteiger partial charge in [0, 0.05) is 6.42 Å². The molecule has 0 aliphatic heterocycles. The first-order chi connectivity index (χ1) is 21.7. The van der Waals surface area contributed by atoms with Crippen molar-refractivity contribution in [3.63, 3.8) is 0 Å². The van der Waals surface area contributed by atoms with E-state index in [0.717, 1.165) is 11.1 Å². The molecule has 0 unspecified atom stereocenters. The predicted octanol–water partition coefficient (Wildman–Crippen LogP) is 4.77. The Labute approximate surface area is 273 Å². The molecule has 3 atom stereocenters. The van der Waals surface area contributed by atoms with E-state index >= 15 is 0 Å². The first-order valence-electron chi connectivity index (χ1n) is 16.1. The molecular formula is C36H51N3O7. The van der Waals surface area contributed by atoms with Gasteiger partial charge in [0.25, 0.3) is 0 Å². The average Bonchev–Trinajstić information content (AvgIpc) is 2.98. The standard InChI is InChI=1S/C36H51N3O7/c1-25(2)21-30(35(44)38-29(33(37)42)19-13-8-14-20-31(40)46-36(3,4)5)39-34(43)28(22-26-15-9-6-10-16-26)23-32(41)45-24-27-17-11-7-12-18-27/h6-7,9-12,15-18,25,28-30H,8,13-14,19-24H2,1-5H3,(H2,37,42)(H,38,44)(H,39,43)/t28-,29+,30+/m1/s1. The highest BCUT2D eigenvalue weighted by atomic mass is 16.6. The summed E-state index contributed by atoms with van der Waals surface area (Å²) in [5.74, 6) is -3.22. The lowest BCUT2D eigenvalue weighted by atomic mass is 9.94. The Balaban J connectivity index is 2.04. The Morgan fingerprint density at radius 1 is 0.761 bits per heavy atom. The number of esters is 2. The summed E-state index contributed by atoms with van der Waals surface area (Å²) in [4.78, 5) is 64.0. The highest BCUT2D eigenvalue weighted by Gasteiger charge is 2.30. The summed E-state index contributed by atoms with van der Waals surface area (Å²) in [5, 5.41) is 5.55. The van der Waals surface area contributed by atoms with E-state index in [1.165, 1.54) is 0 Å². The maximum atomic E-state index is 13.6. The fourth-order valence-corrected chi connectivity index (χ4v) is 4.89. The molecule has 10 heteroatoms. The minimum absolute atomic E-state index is 0.0411. The van der Waals surface area contributed by atoms with Crippen LogP contribution in [0.15, 0.2) is 60.7 Å². The zero-order valence-corrected chi connectivity index (χ0v) is 27.9. The normalized spacial score (nSPS) is 13.3. The quantitative estimate of drug-likeness (QED) is 0.148. The van der Waals surface area contributed by atoms with Gasteiger partial charge < -0.3 is 25.8 Å². The molecule has 2 aromatic carbocycles. The molecule has 3 amide bonds. The smallest absolute Gasteiger partial charge is 0.306 e. The van der Waals surface area contributed by atoms with Crippen molar-refractivity contribution in [3.8, 4) is 0 Å². The van der Waals surface area contributed by atoms with Crippen molar-refractivity contribution in [2.45, 2.75) is 110 Å². The molecule has 0 radical (unpaired) electrons. The molecular weight excluding hydrogens is 586 g/mol. The Morgan fingerprint density at radius 3 is 1.91 bits per heavy atom. The minimum atomic E-state index is -0.944. The van der Waals surface area contributed by atoms with Crippen LogP contribution in [0.25, 0.3) is 0 Å². The number of hydrogen-bond donors (Lipinski definition) is 3. The molecule has 0 saturated heterocycles. The highest BCUT2D eigenvalue weighted by Crippen LogP contribution is 2.17. The highest BCUT2D eigenvalue weighted by molar-refractivity contribution is 5.92. The van der Waals surface area contributed by atoms with Crippen LogP contribution in [-0.4, -0.2) is 47.3 Å². The molecule has 0 heterocycles. The fraction of sp³-hybridized carbons (Fsp3) is 0.528. The molecule has 0 bridgehead atoms. The van der Waals surface area contributed by atoms with Crippen molar-refractivity contribution in [1.29, 1.82) is 0 Å². The third kappa shape index (κ3) is 15.7. The van der Waals surface area contributed by atoms with Gasteiger partial charge in [-0.05, 0) is 63.5 Å². The molecule has 4 N–H and O–H groups in total. The van der Waals surface area contributed by atoms with Gasteiger partial charge in [0.05, 0.1) is 12.3 Å². The minimum Gasteiger partial charge on any atom is -0.461 e. The summed E-state index contributed by atoms with van der Waals surface area (Å²) < 4.78 is 10.8. The molecule has 2 aromatic rings. The maximum absolute atomic E-state index is 13.6. The molecule has 252 valence electrons. The number of carbonyl (C=O) groups excluding carboxylic acids is 5. The lowest BCUT2D eigenvalue weighted by Gasteiger charge is -2.25. The van der Waals surface area contributed by atoms with Crippen molar-refractivity contribution in [2.24, 2.45) is 17.6 Å². The summed E-state index contributed by atoms with van der Waals surface area (Å²) >= 11 is 0. The second-order valence-electron chi connectivity index (χ2n) is 13.1. The first kappa shape index (κ1) is 38.0. The zero-order chi connectivity index (χ0) is 34.1. The first-order valence-corrected chi connectivity index (χ1v) is 16.1. The van der Waals surface area contributed by atoms with Crippen LogP contribution < -0.4 is 16.4 Å². The Morgan fingerprint density at radius 2 is 1.35 bits per heavy atom. The molecule has 0 aliphatic rings. The van der Waals surface area contributed by atoms with Gasteiger partial charge in [-0.3, -0.25) is 24.0 Å². The van der Waals surface area contributed by atoms with Crippen LogP contribution in [0.4, 0.5) is 0 Å². The number of amides is 3. The third-order valence-electron chi connectivity index (χ3n) is 7.15. The van der Waals surface area contributed by atoms with Crippen molar-refractivity contribution in [3.05, 3.63) is 71.8 Å². The van der Waals surface area contributed by atoms with Crippen LogP contribution in [0, 0.1) is 11.8 Å². The molecule has 0 spiro atoms. The number of rotatable bonds is 19. The zero-order valence-electron chi connectivity index (χ0n) is 27.9. The van der Waals surface area contributed by atoms with E-state index in [9.17, 15) is 24.0 Å². The number of benzene rings is 2. The molecule has 0 fully saturated rings. The van der Waals surface area contributed by atoms with Gasteiger partial charge in [-0.25, -0.2) is 0 Å². The van der Waals surface area contributed by atoms with E-state index in [0.29, 0.717) is 32.1 Å². The van der Waals surface area contributed by atoms with Crippen molar-refractivity contribution in [1.82, 2.24) is 10.6 Å². The molecule has 0 aromatic heterocycles. The van der Waals surface area contributed by atoms with Gasteiger partial charge in [0.1, 0.15) is 24.3 Å². The van der Waals surface area contributed by atoms with Crippen LogP contribution in [0.5, 0.6) is 0 Å². The Kier molecular flexibility index (Phi) is 16.0. The molecule has 0 aliphatic carbocycles. The van der Waals surface area contributed by atoms with Crippen molar-refractivity contribution < 1.29 is 33.4 Å². The number of ether oxygens (including phenoxy) is 2. The lowest BCUT2D eigenvalue weighted by molar-refractivity contribution is -0.155. The van der Waals surface area contributed by atoms with E-state index in [-0.39, 0.29) is 37.8 Å². The second-order valence-corrected chi connectivity index (χ2v) is 13.1. The monoisotopic (exact) mass is 637 g/mol. The maximum Gasteiger partial charge on any atom is 0.306 e. The van der Waals surface area contributed by atoms with Crippen molar-refractivity contribution >= 4 is 29.7 Å². The predicted molar refractivity (Wildman–Crippen MR) is 176 cm³/mol. The molecule has 2 rings (SSSR count). The van der Waals surface area contributed by atoms with Crippen molar-refractivity contribution in [2.75, 3.05) is 0 Å². The number of carbonyl (C=O) groups is 5. The molecule has 10 nitrogen and oxygen atoms in total. The van der Waals surface area contributed by atoms with E-state index in [4.69, 9.17) is 15.2 Å². The summed E-state index contributed by atoms with van der Waals surface area (Å²) in [6.07, 6.45) is 2.76. The summed E-state index contributed by atoms with van der Waals surface area (Å²) in [6.45, 7) is 9.36. The topological polar surface area (TPSA) is 154 Å². The Hall–Kier alpha value is -4.21. The van der Waals surface area contributed by atoms with Gasteiger partial charge in [0.2, 0.25) is 17.7 Å².